The van der Waals surface area contributed by atoms with Crippen molar-refractivity contribution in [3.8, 4) is 11.5 Å². The van der Waals surface area contributed by atoms with Crippen molar-refractivity contribution >= 4 is 18.5 Å². The molecule has 0 heterocycles. The van der Waals surface area contributed by atoms with Gasteiger partial charge in [-0.15, -0.1) is 0 Å². The number of aromatic hydroxyl groups is 1. The average Bonchev–Trinajstić information content (AvgIpc) is 2.60. The van der Waals surface area contributed by atoms with Crippen LogP contribution in [0.3, 0.4) is 0 Å². The summed E-state index contributed by atoms with van der Waals surface area (Å²) >= 11 is 0. The van der Waals surface area contributed by atoms with Gasteiger partial charge in [0.15, 0.2) is 0 Å². The molecule has 0 atom stereocenters. The highest BCUT2D eigenvalue weighted by atomic mass is 16.5. The summed E-state index contributed by atoms with van der Waals surface area (Å²) in [6.45, 7) is 6.98. The monoisotopic (exact) mass is 326 g/mol. The van der Waals surface area contributed by atoms with Crippen molar-refractivity contribution in [3.63, 3.8) is 0 Å². The largest absolute Gasteiger partial charge is 0.507 e. The first-order valence-corrected chi connectivity index (χ1v) is 6.83. The minimum atomic E-state index is 0.0743. The molecule has 0 aliphatic heterocycles. The Hall–Kier alpha value is -3.54. The molecule has 0 radical (unpaired) electrons. The number of phenolic OH excluding ortho intramolecular Hbond substituents is 1. The predicted molar refractivity (Wildman–Crippen MR) is 94.2 cm³/mol. The van der Waals surface area contributed by atoms with Crippen LogP contribution in [0.2, 0.25) is 0 Å². The molecule has 0 unspecified atom stereocenters. The molecule has 0 aliphatic rings. The van der Waals surface area contributed by atoms with E-state index in [0.29, 0.717) is 16.9 Å². The maximum absolute atomic E-state index is 9.30. The van der Waals surface area contributed by atoms with E-state index in [1.165, 1.54) is 18.7 Å². The SMILES string of the molecule is C=COc1ccccc1C=NO.C=Cc1ccc(C=NO)c(O)c1. The zero-order valence-electron chi connectivity index (χ0n) is 12.9. The molecule has 124 valence electrons. The second kappa shape index (κ2) is 10.2. The van der Waals surface area contributed by atoms with Gasteiger partial charge in [0, 0.05) is 11.1 Å². The van der Waals surface area contributed by atoms with Gasteiger partial charge in [-0.05, 0) is 29.8 Å². The highest BCUT2D eigenvalue weighted by molar-refractivity contribution is 5.83. The maximum atomic E-state index is 9.30. The fourth-order valence-corrected chi connectivity index (χ4v) is 1.71. The van der Waals surface area contributed by atoms with Crippen molar-refractivity contribution < 1.29 is 20.3 Å². The van der Waals surface area contributed by atoms with Gasteiger partial charge in [-0.3, -0.25) is 0 Å². The lowest BCUT2D eigenvalue weighted by molar-refractivity contribution is 0.321. The fraction of sp³-hybridized carbons (Fsp3) is 0. The lowest BCUT2D eigenvalue weighted by Gasteiger charge is -2.01. The van der Waals surface area contributed by atoms with Crippen LogP contribution in [-0.2, 0) is 0 Å². The molecule has 3 N–H and O–H groups in total. The quantitative estimate of drug-likeness (QED) is 0.336. The van der Waals surface area contributed by atoms with Gasteiger partial charge in [0.1, 0.15) is 11.5 Å². The van der Waals surface area contributed by atoms with Crippen LogP contribution in [0.4, 0.5) is 0 Å². The van der Waals surface area contributed by atoms with Crippen LogP contribution in [0.25, 0.3) is 6.08 Å². The molecular formula is C18H18N2O4. The molecule has 0 saturated heterocycles. The molecule has 0 bridgehead atoms. The van der Waals surface area contributed by atoms with Crippen molar-refractivity contribution in [1.29, 1.82) is 0 Å². The second-order valence-electron chi connectivity index (χ2n) is 4.33. The van der Waals surface area contributed by atoms with E-state index in [1.54, 1.807) is 36.4 Å². The Kier molecular flexibility index (Phi) is 7.89. The molecule has 6 nitrogen and oxygen atoms in total. The van der Waals surface area contributed by atoms with E-state index >= 15 is 0 Å². The molecule has 0 amide bonds. The fourth-order valence-electron chi connectivity index (χ4n) is 1.71. The summed E-state index contributed by atoms with van der Waals surface area (Å²) < 4.78 is 5.05. The van der Waals surface area contributed by atoms with Crippen LogP contribution in [0.1, 0.15) is 16.7 Å². The number of phenols is 1. The number of para-hydroxylation sites is 1. The van der Waals surface area contributed by atoms with Crippen LogP contribution >= 0.6 is 0 Å². The zero-order chi connectivity index (χ0) is 17.8. The Labute approximate surface area is 139 Å². The standard InChI is InChI=1S/2C9H9NO2/c1-2-7-3-4-8(6-10-12)9(11)5-7;1-2-12-9-6-4-3-5-8(9)7-10-11/h2-6,11-12H,1H2;2-7,11H,1H2. The van der Waals surface area contributed by atoms with Crippen LogP contribution in [-0.4, -0.2) is 28.0 Å². The molecule has 6 heteroatoms. The summed E-state index contributed by atoms with van der Waals surface area (Å²) in [4.78, 5) is 0. The molecule has 0 aromatic heterocycles. The normalized spacial score (nSPS) is 10.2. The van der Waals surface area contributed by atoms with Crippen LogP contribution < -0.4 is 4.74 Å². The van der Waals surface area contributed by atoms with Crippen LogP contribution in [0.5, 0.6) is 11.5 Å². The number of hydrogen-bond donors (Lipinski definition) is 3. The van der Waals surface area contributed by atoms with E-state index in [0.717, 1.165) is 5.56 Å². The lowest BCUT2D eigenvalue weighted by atomic mass is 10.1. The van der Waals surface area contributed by atoms with Gasteiger partial charge in [0.05, 0.1) is 18.7 Å². The summed E-state index contributed by atoms with van der Waals surface area (Å²) in [5.74, 6) is 0.690. The molecule has 0 saturated carbocycles. The van der Waals surface area contributed by atoms with E-state index in [1.807, 2.05) is 12.1 Å². The van der Waals surface area contributed by atoms with Gasteiger partial charge < -0.3 is 20.3 Å². The molecule has 2 aromatic rings. The third kappa shape index (κ3) is 5.69. The molecular weight excluding hydrogens is 308 g/mol. The maximum Gasteiger partial charge on any atom is 0.135 e. The average molecular weight is 326 g/mol. The lowest BCUT2D eigenvalue weighted by Crippen LogP contribution is -1.88. The molecule has 0 aliphatic carbocycles. The van der Waals surface area contributed by atoms with E-state index in [-0.39, 0.29) is 5.75 Å². The van der Waals surface area contributed by atoms with Gasteiger partial charge in [-0.1, -0.05) is 47.7 Å². The third-order valence-corrected chi connectivity index (χ3v) is 2.81. The van der Waals surface area contributed by atoms with Gasteiger partial charge in [0.2, 0.25) is 0 Å². The molecule has 2 rings (SSSR count). The number of nitrogens with zero attached hydrogens (tertiary/aromatic N) is 2. The summed E-state index contributed by atoms with van der Waals surface area (Å²) in [6, 6.07) is 12.2. The molecule has 0 spiro atoms. The number of ether oxygens (including phenoxy) is 1. The first-order chi connectivity index (χ1) is 11.7. The van der Waals surface area contributed by atoms with Crippen molar-refractivity contribution in [2.45, 2.75) is 0 Å². The minimum absolute atomic E-state index is 0.0743. The summed E-state index contributed by atoms with van der Waals surface area (Å²) in [6.07, 6.45) is 5.42. The topological polar surface area (TPSA) is 94.6 Å². The Morgan fingerprint density at radius 3 is 2.17 bits per heavy atom. The highest BCUT2D eigenvalue weighted by Gasteiger charge is 1.98. The first-order valence-electron chi connectivity index (χ1n) is 6.83. The summed E-state index contributed by atoms with van der Waals surface area (Å²) in [7, 11) is 0. The smallest absolute Gasteiger partial charge is 0.135 e. The zero-order valence-corrected chi connectivity index (χ0v) is 12.9. The number of rotatable bonds is 5. The Morgan fingerprint density at radius 1 is 0.917 bits per heavy atom. The predicted octanol–water partition coefficient (Wildman–Crippen LogP) is 3.86. The Bertz CT molecular complexity index is 740. The number of hydrogen-bond acceptors (Lipinski definition) is 6. The van der Waals surface area contributed by atoms with Gasteiger partial charge in [-0.25, -0.2) is 0 Å². The van der Waals surface area contributed by atoms with E-state index < -0.39 is 0 Å². The van der Waals surface area contributed by atoms with Crippen molar-refractivity contribution in [2.24, 2.45) is 10.3 Å². The van der Waals surface area contributed by atoms with Gasteiger partial charge in [0.25, 0.3) is 0 Å². The van der Waals surface area contributed by atoms with Gasteiger partial charge >= 0.3 is 0 Å². The summed E-state index contributed by atoms with van der Waals surface area (Å²) in [5.41, 5.74) is 2.01. The minimum Gasteiger partial charge on any atom is -0.507 e. The Balaban J connectivity index is 0.000000240. The first kappa shape index (κ1) is 18.5. The van der Waals surface area contributed by atoms with Crippen LogP contribution in [0.15, 0.2) is 72.2 Å². The Morgan fingerprint density at radius 2 is 1.58 bits per heavy atom. The third-order valence-electron chi connectivity index (χ3n) is 2.81. The summed E-state index contributed by atoms with van der Waals surface area (Å²) in [5, 5.41) is 31.5. The van der Waals surface area contributed by atoms with E-state index in [2.05, 4.69) is 23.5 Å². The molecule has 0 fully saturated rings. The van der Waals surface area contributed by atoms with E-state index in [4.69, 9.17) is 15.2 Å². The molecule has 2 aromatic carbocycles. The number of benzene rings is 2. The van der Waals surface area contributed by atoms with E-state index in [9.17, 15) is 5.11 Å². The van der Waals surface area contributed by atoms with Crippen LogP contribution in [0, 0.1) is 0 Å². The van der Waals surface area contributed by atoms with Crippen molar-refractivity contribution in [1.82, 2.24) is 0 Å². The number of oxime groups is 2. The highest BCUT2D eigenvalue weighted by Crippen LogP contribution is 2.17. The van der Waals surface area contributed by atoms with Crippen molar-refractivity contribution in [3.05, 3.63) is 78.6 Å². The van der Waals surface area contributed by atoms with Crippen molar-refractivity contribution in [2.75, 3.05) is 0 Å². The van der Waals surface area contributed by atoms with Gasteiger partial charge in [-0.2, -0.15) is 0 Å². The second-order valence-corrected chi connectivity index (χ2v) is 4.33. The molecule has 24 heavy (non-hydrogen) atoms.